The van der Waals surface area contributed by atoms with Gasteiger partial charge in [-0.2, -0.15) is 9.29 Å². The average molecular weight is 514 g/mol. The predicted molar refractivity (Wildman–Crippen MR) is 129 cm³/mol. The predicted octanol–water partition coefficient (Wildman–Crippen LogP) is 2.62. The first-order chi connectivity index (χ1) is 17.4. The molecule has 0 bridgehead atoms. The zero-order valence-corrected chi connectivity index (χ0v) is 20.6. The monoisotopic (exact) mass is 513 g/mol. The van der Waals surface area contributed by atoms with Gasteiger partial charge in [0, 0.05) is 38.3 Å². The lowest BCUT2D eigenvalue weighted by Gasteiger charge is -2.38. The lowest BCUT2D eigenvalue weighted by Crippen LogP contribution is -2.53. The number of piperazine rings is 1. The fraction of sp³-hybridized carbons (Fsp3) is 0.400. The van der Waals surface area contributed by atoms with Crippen LogP contribution in [0.4, 0.5) is 4.39 Å². The molecule has 0 spiro atoms. The molecule has 1 aromatic heterocycles. The van der Waals surface area contributed by atoms with E-state index >= 15 is 0 Å². The number of sulfonamides is 1. The number of nitrogens with zero attached hydrogens (tertiary/aromatic N) is 5. The minimum atomic E-state index is -3.55. The highest BCUT2D eigenvalue weighted by molar-refractivity contribution is 7.89. The van der Waals surface area contributed by atoms with E-state index in [-0.39, 0.29) is 35.6 Å². The van der Waals surface area contributed by atoms with Crippen LogP contribution in [-0.4, -0.2) is 77.8 Å². The standard InChI is InChI=1S/C25H28FN5O4S/c26-21-10-8-19(9-11-21)24-27-23(35-28-24)18-29-12-4-5-20(17-29)25(32)30-13-15-31(16-14-30)36(33,34)22-6-2-1-3-7-22/h1-3,6-11,20H,4-5,12-18H2. The molecule has 3 heterocycles. The van der Waals surface area contributed by atoms with Crippen LogP contribution in [0.1, 0.15) is 18.7 Å². The van der Waals surface area contributed by atoms with Gasteiger partial charge in [0.05, 0.1) is 17.4 Å². The molecule has 2 fully saturated rings. The summed E-state index contributed by atoms with van der Waals surface area (Å²) < 4.78 is 45.7. The number of halogens is 1. The molecule has 9 nitrogen and oxygen atoms in total. The second kappa shape index (κ2) is 10.5. The van der Waals surface area contributed by atoms with Gasteiger partial charge < -0.3 is 9.42 Å². The van der Waals surface area contributed by atoms with E-state index in [1.807, 2.05) is 0 Å². The molecule has 0 radical (unpaired) electrons. The minimum absolute atomic E-state index is 0.0639. The summed E-state index contributed by atoms with van der Waals surface area (Å²) >= 11 is 0. The van der Waals surface area contributed by atoms with Crippen molar-refractivity contribution in [2.24, 2.45) is 5.92 Å². The quantitative estimate of drug-likeness (QED) is 0.500. The topological polar surface area (TPSA) is 99.8 Å². The molecule has 2 saturated heterocycles. The van der Waals surface area contributed by atoms with Crippen molar-refractivity contribution < 1.29 is 22.1 Å². The molecule has 1 atom stereocenters. The molecule has 2 aliphatic rings. The maximum absolute atomic E-state index is 13.2. The van der Waals surface area contributed by atoms with Crippen LogP contribution in [0.3, 0.4) is 0 Å². The van der Waals surface area contributed by atoms with Gasteiger partial charge in [-0.1, -0.05) is 23.4 Å². The first kappa shape index (κ1) is 24.5. The highest BCUT2D eigenvalue weighted by Crippen LogP contribution is 2.24. The Morgan fingerprint density at radius 2 is 1.72 bits per heavy atom. The smallest absolute Gasteiger partial charge is 0.243 e. The molecule has 0 saturated carbocycles. The third-order valence-corrected chi connectivity index (χ3v) is 8.63. The SMILES string of the molecule is O=C(C1CCCN(Cc2nc(-c3ccc(F)cc3)no2)C1)N1CCN(S(=O)(=O)c2ccccc2)CC1. The molecule has 0 N–H and O–H groups in total. The van der Waals surface area contributed by atoms with E-state index in [4.69, 9.17) is 4.52 Å². The fourth-order valence-electron chi connectivity index (χ4n) is 4.78. The van der Waals surface area contributed by atoms with Gasteiger partial charge in [0.25, 0.3) is 0 Å². The van der Waals surface area contributed by atoms with E-state index in [1.165, 1.54) is 16.4 Å². The summed E-state index contributed by atoms with van der Waals surface area (Å²) in [4.78, 5) is 21.8. The van der Waals surface area contributed by atoms with E-state index in [0.717, 1.165) is 19.4 Å². The lowest BCUT2D eigenvalue weighted by atomic mass is 9.96. The maximum Gasteiger partial charge on any atom is 0.243 e. The van der Waals surface area contributed by atoms with Gasteiger partial charge in [-0.25, -0.2) is 12.8 Å². The van der Waals surface area contributed by atoms with Crippen molar-refractivity contribution in [3.05, 3.63) is 66.3 Å². The Kier molecular flexibility index (Phi) is 7.13. The molecule has 1 unspecified atom stereocenters. The van der Waals surface area contributed by atoms with Crippen molar-refractivity contribution in [3.8, 4) is 11.4 Å². The summed E-state index contributed by atoms with van der Waals surface area (Å²) in [6, 6.07) is 14.3. The van der Waals surface area contributed by atoms with Crippen LogP contribution in [0.25, 0.3) is 11.4 Å². The summed E-state index contributed by atoms with van der Waals surface area (Å²) in [6.45, 7) is 3.16. The Bertz CT molecular complexity index is 1290. The molecule has 11 heteroatoms. The number of rotatable bonds is 6. The van der Waals surface area contributed by atoms with Crippen LogP contribution in [0.15, 0.2) is 64.0 Å². The van der Waals surface area contributed by atoms with Gasteiger partial charge in [-0.15, -0.1) is 0 Å². The molecule has 1 amide bonds. The zero-order valence-electron chi connectivity index (χ0n) is 19.8. The summed E-state index contributed by atoms with van der Waals surface area (Å²) in [5, 5.41) is 3.99. The van der Waals surface area contributed by atoms with Crippen molar-refractivity contribution in [3.63, 3.8) is 0 Å². The van der Waals surface area contributed by atoms with Crippen molar-refractivity contribution >= 4 is 15.9 Å². The van der Waals surface area contributed by atoms with Crippen LogP contribution in [-0.2, 0) is 21.4 Å². The number of piperidine rings is 1. The number of aromatic nitrogens is 2. The maximum atomic E-state index is 13.2. The third kappa shape index (κ3) is 5.32. The number of benzene rings is 2. The number of hydrogen-bond acceptors (Lipinski definition) is 7. The van der Waals surface area contributed by atoms with E-state index < -0.39 is 10.0 Å². The summed E-state index contributed by atoms with van der Waals surface area (Å²) in [5.74, 6) is 0.426. The van der Waals surface area contributed by atoms with Gasteiger partial charge in [0.1, 0.15) is 5.82 Å². The van der Waals surface area contributed by atoms with E-state index in [0.29, 0.717) is 43.5 Å². The number of carbonyl (C=O) groups is 1. The summed E-state index contributed by atoms with van der Waals surface area (Å²) in [7, 11) is -3.55. The second-order valence-electron chi connectivity index (χ2n) is 9.14. The van der Waals surface area contributed by atoms with E-state index in [1.54, 1.807) is 47.4 Å². The van der Waals surface area contributed by atoms with Crippen molar-refractivity contribution in [2.75, 3.05) is 39.3 Å². The highest BCUT2D eigenvalue weighted by atomic mass is 32.2. The highest BCUT2D eigenvalue weighted by Gasteiger charge is 2.34. The Morgan fingerprint density at radius 3 is 2.44 bits per heavy atom. The minimum Gasteiger partial charge on any atom is -0.340 e. The molecule has 5 rings (SSSR count). The van der Waals surface area contributed by atoms with Crippen LogP contribution in [0, 0.1) is 11.7 Å². The normalized spacial score (nSPS) is 19.9. The van der Waals surface area contributed by atoms with Crippen LogP contribution in [0.2, 0.25) is 0 Å². The van der Waals surface area contributed by atoms with E-state index in [9.17, 15) is 17.6 Å². The molecule has 2 aromatic carbocycles. The fourth-order valence-corrected chi connectivity index (χ4v) is 6.22. The molecule has 3 aromatic rings. The first-order valence-corrected chi connectivity index (χ1v) is 13.5. The molecular formula is C25H28FN5O4S. The Balaban J connectivity index is 1.15. The van der Waals surface area contributed by atoms with E-state index in [2.05, 4.69) is 15.0 Å². The molecule has 0 aliphatic carbocycles. The van der Waals surface area contributed by atoms with Crippen molar-refractivity contribution in [1.29, 1.82) is 0 Å². The third-order valence-electron chi connectivity index (χ3n) is 6.72. The largest absolute Gasteiger partial charge is 0.340 e. The van der Waals surface area contributed by atoms with Crippen LogP contribution in [0.5, 0.6) is 0 Å². The molecule has 190 valence electrons. The molecule has 2 aliphatic heterocycles. The van der Waals surface area contributed by atoms with Gasteiger partial charge in [0.2, 0.25) is 27.6 Å². The average Bonchev–Trinajstić information content (AvgIpc) is 3.38. The van der Waals surface area contributed by atoms with Gasteiger partial charge in [-0.05, 0) is 55.8 Å². The summed E-state index contributed by atoms with van der Waals surface area (Å²) in [5.41, 5.74) is 0.673. The number of likely N-dealkylation sites (tertiary alicyclic amines) is 1. The van der Waals surface area contributed by atoms with Crippen molar-refractivity contribution in [1.82, 2.24) is 24.2 Å². The Labute approximate surface area is 209 Å². The number of carbonyl (C=O) groups excluding carboxylic acids is 1. The number of hydrogen-bond donors (Lipinski definition) is 0. The van der Waals surface area contributed by atoms with Gasteiger partial charge in [0.15, 0.2) is 0 Å². The second-order valence-corrected chi connectivity index (χ2v) is 11.1. The van der Waals surface area contributed by atoms with Crippen molar-refractivity contribution in [2.45, 2.75) is 24.3 Å². The molecular weight excluding hydrogens is 485 g/mol. The molecule has 36 heavy (non-hydrogen) atoms. The summed E-state index contributed by atoms with van der Waals surface area (Å²) in [6.07, 6.45) is 1.67. The Morgan fingerprint density at radius 1 is 1.00 bits per heavy atom. The van der Waals surface area contributed by atoms with Crippen LogP contribution >= 0.6 is 0 Å². The van der Waals surface area contributed by atoms with Gasteiger partial charge in [-0.3, -0.25) is 9.69 Å². The van der Waals surface area contributed by atoms with Gasteiger partial charge >= 0.3 is 0 Å². The Hall–Kier alpha value is -3.15. The van der Waals surface area contributed by atoms with Crippen LogP contribution < -0.4 is 0 Å². The lowest BCUT2D eigenvalue weighted by molar-refractivity contribution is -0.138. The first-order valence-electron chi connectivity index (χ1n) is 12.0. The number of amides is 1. The zero-order chi connectivity index (χ0) is 25.1.